The van der Waals surface area contributed by atoms with Gasteiger partial charge in [-0.25, -0.2) is 0 Å². The number of benzene rings is 2. The van der Waals surface area contributed by atoms with E-state index in [2.05, 4.69) is 35.2 Å². The highest BCUT2D eigenvalue weighted by molar-refractivity contribution is 5.98. The molecule has 2 aromatic carbocycles. The summed E-state index contributed by atoms with van der Waals surface area (Å²) in [6, 6.07) is 17.4. The Labute approximate surface area is 160 Å². The molecule has 140 valence electrons. The molecule has 0 saturated carbocycles. The standard InChI is InChI=1S/C23H25NO3/c25-23(17-6-9-21-22(14-17)27-11-10-26-21)18-12-19-7-8-20(13-18)24(19)15-16-4-2-1-3-5-16/h1-6,9,14,18-20H,7-8,10-13,15H2. The molecule has 4 nitrogen and oxygen atoms in total. The van der Waals surface area contributed by atoms with Crippen LogP contribution in [0.4, 0.5) is 0 Å². The van der Waals surface area contributed by atoms with Crippen molar-refractivity contribution >= 4 is 5.78 Å². The van der Waals surface area contributed by atoms with Gasteiger partial charge in [-0.3, -0.25) is 9.69 Å². The Balaban J connectivity index is 1.30. The first kappa shape index (κ1) is 16.8. The SMILES string of the molecule is O=C(c1ccc2c(c1)OCCO2)C1CC2CCC(C1)N2Cc1ccccc1. The number of fused-ring (bicyclic) bond motifs is 3. The van der Waals surface area contributed by atoms with Crippen molar-refractivity contribution in [3.63, 3.8) is 0 Å². The highest BCUT2D eigenvalue weighted by Gasteiger charge is 2.42. The minimum atomic E-state index is 0.122. The highest BCUT2D eigenvalue weighted by Crippen LogP contribution is 2.41. The van der Waals surface area contributed by atoms with Gasteiger partial charge >= 0.3 is 0 Å². The molecular weight excluding hydrogens is 338 g/mol. The van der Waals surface area contributed by atoms with Crippen LogP contribution in [0.2, 0.25) is 0 Å². The predicted octanol–water partition coefficient (Wildman–Crippen LogP) is 4.08. The summed E-state index contributed by atoms with van der Waals surface area (Å²) < 4.78 is 11.2. The summed E-state index contributed by atoms with van der Waals surface area (Å²) in [6.45, 7) is 2.12. The summed E-state index contributed by atoms with van der Waals surface area (Å²) in [4.78, 5) is 15.8. The summed E-state index contributed by atoms with van der Waals surface area (Å²) >= 11 is 0. The number of piperidine rings is 1. The molecule has 2 aromatic rings. The summed E-state index contributed by atoms with van der Waals surface area (Å²) in [5, 5.41) is 0. The summed E-state index contributed by atoms with van der Waals surface area (Å²) in [7, 11) is 0. The molecule has 4 heteroatoms. The fourth-order valence-corrected chi connectivity index (χ4v) is 4.97. The number of carbonyl (C=O) groups is 1. The fraction of sp³-hybridized carbons (Fsp3) is 0.435. The minimum absolute atomic E-state index is 0.122. The predicted molar refractivity (Wildman–Crippen MR) is 103 cm³/mol. The number of ether oxygens (including phenoxy) is 2. The van der Waals surface area contributed by atoms with Gasteiger partial charge in [0.15, 0.2) is 17.3 Å². The maximum atomic E-state index is 13.2. The second kappa shape index (κ2) is 7.01. The summed E-state index contributed by atoms with van der Waals surface area (Å²) in [5.74, 6) is 1.84. The zero-order chi connectivity index (χ0) is 18.2. The second-order valence-corrected chi connectivity index (χ2v) is 7.93. The van der Waals surface area contributed by atoms with Crippen molar-refractivity contribution in [1.29, 1.82) is 0 Å². The maximum Gasteiger partial charge on any atom is 0.166 e. The molecule has 2 fully saturated rings. The van der Waals surface area contributed by atoms with Gasteiger partial charge in [0.05, 0.1) is 0 Å². The molecule has 2 bridgehead atoms. The van der Waals surface area contributed by atoms with Crippen LogP contribution in [0.25, 0.3) is 0 Å². The van der Waals surface area contributed by atoms with Crippen LogP contribution in [-0.2, 0) is 6.54 Å². The molecule has 0 amide bonds. The first-order valence-electron chi connectivity index (χ1n) is 10.0. The minimum Gasteiger partial charge on any atom is -0.486 e. The Morgan fingerprint density at radius 3 is 2.37 bits per heavy atom. The van der Waals surface area contributed by atoms with Crippen molar-refractivity contribution in [1.82, 2.24) is 4.90 Å². The number of hydrogen-bond donors (Lipinski definition) is 0. The van der Waals surface area contributed by atoms with Gasteiger partial charge in [-0.05, 0) is 49.4 Å². The van der Waals surface area contributed by atoms with E-state index in [0.717, 1.165) is 30.7 Å². The molecule has 2 saturated heterocycles. The summed E-state index contributed by atoms with van der Waals surface area (Å²) in [6.07, 6.45) is 4.36. The lowest BCUT2D eigenvalue weighted by Gasteiger charge is -2.38. The van der Waals surface area contributed by atoms with Crippen molar-refractivity contribution in [2.75, 3.05) is 13.2 Å². The van der Waals surface area contributed by atoms with Crippen LogP contribution in [0.1, 0.15) is 41.6 Å². The molecule has 0 spiro atoms. The Morgan fingerprint density at radius 2 is 1.63 bits per heavy atom. The molecule has 5 rings (SSSR count). The highest BCUT2D eigenvalue weighted by atomic mass is 16.6. The van der Waals surface area contributed by atoms with E-state index >= 15 is 0 Å². The van der Waals surface area contributed by atoms with Crippen LogP contribution in [0, 0.1) is 5.92 Å². The van der Waals surface area contributed by atoms with Crippen molar-refractivity contribution in [3.05, 3.63) is 59.7 Å². The van der Waals surface area contributed by atoms with Crippen molar-refractivity contribution < 1.29 is 14.3 Å². The average Bonchev–Trinajstić information content (AvgIpc) is 2.95. The van der Waals surface area contributed by atoms with Crippen molar-refractivity contribution in [2.45, 2.75) is 44.3 Å². The smallest absolute Gasteiger partial charge is 0.166 e. The number of Topliss-reactive ketones (excluding diaryl/α,β-unsaturated/α-hetero) is 1. The van der Waals surface area contributed by atoms with Gasteiger partial charge in [-0.1, -0.05) is 30.3 Å². The van der Waals surface area contributed by atoms with Gasteiger partial charge in [-0.15, -0.1) is 0 Å². The Bertz CT molecular complexity index is 821. The summed E-state index contributed by atoms with van der Waals surface area (Å²) in [5.41, 5.74) is 2.13. The molecule has 3 aliphatic heterocycles. The molecule has 3 aliphatic rings. The monoisotopic (exact) mass is 363 g/mol. The molecule has 3 heterocycles. The third-order valence-electron chi connectivity index (χ3n) is 6.29. The lowest BCUT2D eigenvalue weighted by atomic mass is 9.84. The zero-order valence-corrected chi connectivity index (χ0v) is 15.5. The third kappa shape index (κ3) is 3.23. The molecule has 0 aromatic heterocycles. The van der Waals surface area contributed by atoms with E-state index in [-0.39, 0.29) is 11.7 Å². The van der Waals surface area contributed by atoms with Gasteiger partial charge in [0.1, 0.15) is 13.2 Å². The second-order valence-electron chi connectivity index (χ2n) is 7.93. The molecular formula is C23H25NO3. The van der Waals surface area contributed by atoms with Gasteiger partial charge < -0.3 is 9.47 Å². The van der Waals surface area contributed by atoms with Crippen molar-refractivity contribution in [2.24, 2.45) is 5.92 Å². The van der Waals surface area contributed by atoms with E-state index in [9.17, 15) is 4.79 Å². The molecule has 2 atom stereocenters. The third-order valence-corrected chi connectivity index (χ3v) is 6.29. The lowest BCUT2D eigenvalue weighted by Crippen LogP contribution is -2.44. The number of rotatable bonds is 4. The average molecular weight is 363 g/mol. The van der Waals surface area contributed by atoms with E-state index in [1.54, 1.807) is 0 Å². The van der Waals surface area contributed by atoms with E-state index in [0.29, 0.717) is 31.0 Å². The largest absolute Gasteiger partial charge is 0.486 e. The normalized spacial score (nSPS) is 26.7. The van der Waals surface area contributed by atoms with Crippen molar-refractivity contribution in [3.8, 4) is 11.5 Å². The zero-order valence-electron chi connectivity index (χ0n) is 15.5. The van der Waals surface area contributed by atoms with Crippen LogP contribution >= 0.6 is 0 Å². The topological polar surface area (TPSA) is 38.8 Å². The lowest BCUT2D eigenvalue weighted by molar-refractivity contribution is 0.0677. The molecule has 27 heavy (non-hydrogen) atoms. The first-order chi connectivity index (χ1) is 13.3. The van der Waals surface area contributed by atoms with Crippen LogP contribution in [0.3, 0.4) is 0 Å². The van der Waals surface area contributed by atoms with Crippen LogP contribution in [0.15, 0.2) is 48.5 Å². The van der Waals surface area contributed by atoms with Gasteiger partial charge in [-0.2, -0.15) is 0 Å². The van der Waals surface area contributed by atoms with Gasteiger partial charge in [0.2, 0.25) is 0 Å². The van der Waals surface area contributed by atoms with E-state index < -0.39 is 0 Å². The van der Waals surface area contributed by atoms with Gasteiger partial charge in [0, 0.05) is 30.1 Å². The molecule has 0 aliphatic carbocycles. The van der Waals surface area contributed by atoms with Crippen LogP contribution in [0.5, 0.6) is 11.5 Å². The Hall–Kier alpha value is -2.33. The van der Waals surface area contributed by atoms with E-state index in [1.165, 1.54) is 18.4 Å². The molecule has 0 N–H and O–H groups in total. The van der Waals surface area contributed by atoms with E-state index in [4.69, 9.17) is 9.47 Å². The number of ketones is 1. The molecule has 0 radical (unpaired) electrons. The quantitative estimate of drug-likeness (QED) is 0.767. The molecule has 2 unspecified atom stereocenters. The first-order valence-corrected chi connectivity index (χ1v) is 10.0. The number of carbonyl (C=O) groups excluding carboxylic acids is 1. The number of hydrogen-bond acceptors (Lipinski definition) is 4. The Kier molecular flexibility index (Phi) is 4.36. The fourth-order valence-electron chi connectivity index (χ4n) is 4.97. The van der Waals surface area contributed by atoms with Crippen LogP contribution in [-0.4, -0.2) is 36.0 Å². The number of nitrogens with zero attached hydrogens (tertiary/aromatic N) is 1. The Morgan fingerprint density at radius 1 is 0.926 bits per heavy atom. The maximum absolute atomic E-state index is 13.2. The van der Waals surface area contributed by atoms with Crippen LogP contribution < -0.4 is 9.47 Å². The van der Waals surface area contributed by atoms with Gasteiger partial charge in [0.25, 0.3) is 0 Å². The van der Waals surface area contributed by atoms with E-state index in [1.807, 2.05) is 18.2 Å².